The van der Waals surface area contributed by atoms with Crippen LogP contribution in [-0.4, -0.2) is 19.6 Å². The van der Waals surface area contributed by atoms with E-state index in [-0.39, 0.29) is 5.91 Å². The van der Waals surface area contributed by atoms with Crippen molar-refractivity contribution in [3.05, 3.63) is 100 Å². The van der Waals surface area contributed by atoms with Crippen LogP contribution in [0.25, 0.3) is 11.8 Å². The Morgan fingerprint density at radius 2 is 1.71 bits per heavy atom. The van der Waals surface area contributed by atoms with Gasteiger partial charge in [0, 0.05) is 5.57 Å². The fourth-order valence-electron chi connectivity index (χ4n) is 3.55. The van der Waals surface area contributed by atoms with E-state index in [1.165, 1.54) is 0 Å². The lowest BCUT2D eigenvalue weighted by atomic mass is 10.1. The van der Waals surface area contributed by atoms with Crippen molar-refractivity contribution in [2.75, 3.05) is 18.6 Å². The summed E-state index contributed by atoms with van der Waals surface area (Å²) in [6.45, 7) is 2.54. The van der Waals surface area contributed by atoms with Gasteiger partial charge < -0.3 is 9.47 Å². The summed E-state index contributed by atoms with van der Waals surface area (Å²) in [5.41, 5.74) is 3.98. The molecule has 31 heavy (non-hydrogen) atoms. The van der Waals surface area contributed by atoms with Gasteiger partial charge in [0.15, 0.2) is 0 Å². The van der Waals surface area contributed by atoms with E-state index in [9.17, 15) is 4.79 Å². The maximum atomic E-state index is 13.5. The molecule has 0 atom stereocenters. The van der Waals surface area contributed by atoms with Crippen LogP contribution in [0, 0.1) is 0 Å². The standard InChI is InChI=1S/C26H22BrNO3/c1-3-31-24-14-13-18(16-21(24)27)15-20-17-23(19-9-5-4-6-10-19)28(26(20)29)22-11-7-8-12-25(22)30-2/h4-17H,3H2,1-2H3/b20-15+. The van der Waals surface area contributed by atoms with Crippen LogP contribution in [0.2, 0.25) is 0 Å². The quantitative estimate of drug-likeness (QED) is 0.391. The van der Waals surface area contributed by atoms with E-state index in [1.54, 1.807) is 12.0 Å². The highest BCUT2D eigenvalue weighted by atomic mass is 79.9. The number of nitrogens with zero attached hydrogens (tertiary/aromatic N) is 1. The molecular weight excluding hydrogens is 454 g/mol. The van der Waals surface area contributed by atoms with Gasteiger partial charge in [-0.2, -0.15) is 0 Å². The number of amides is 1. The van der Waals surface area contributed by atoms with E-state index in [0.29, 0.717) is 23.6 Å². The number of rotatable bonds is 6. The SMILES string of the molecule is CCOc1ccc(/C=C2\C=C(c3ccccc3)N(c3ccccc3OC)C2=O)cc1Br. The fourth-order valence-corrected chi connectivity index (χ4v) is 4.06. The molecule has 4 rings (SSSR count). The van der Waals surface area contributed by atoms with Crippen molar-refractivity contribution < 1.29 is 14.3 Å². The number of hydrogen-bond donors (Lipinski definition) is 0. The topological polar surface area (TPSA) is 38.8 Å². The molecule has 4 nitrogen and oxygen atoms in total. The van der Waals surface area contributed by atoms with Crippen LogP contribution >= 0.6 is 15.9 Å². The van der Waals surface area contributed by atoms with E-state index in [4.69, 9.17) is 9.47 Å². The van der Waals surface area contributed by atoms with Crippen molar-refractivity contribution in [2.24, 2.45) is 0 Å². The first-order valence-corrected chi connectivity index (χ1v) is 10.8. The highest BCUT2D eigenvalue weighted by Gasteiger charge is 2.32. The monoisotopic (exact) mass is 475 g/mol. The fraction of sp³-hybridized carbons (Fsp3) is 0.115. The van der Waals surface area contributed by atoms with Crippen molar-refractivity contribution in [3.8, 4) is 11.5 Å². The molecule has 0 unspecified atom stereocenters. The van der Waals surface area contributed by atoms with E-state index in [2.05, 4.69) is 15.9 Å². The molecule has 1 aliphatic rings. The maximum absolute atomic E-state index is 13.5. The lowest BCUT2D eigenvalue weighted by molar-refractivity contribution is -0.113. The van der Waals surface area contributed by atoms with Crippen molar-refractivity contribution >= 4 is 39.3 Å². The summed E-state index contributed by atoms with van der Waals surface area (Å²) in [6.07, 6.45) is 3.82. The molecule has 1 aliphatic heterocycles. The number of halogens is 1. The van der Waals surface area contributed by atoms with Crippen LogP contribution < -0.4 is 14.4 Å². The average molecular weight is 476 g/mol. The molecule has 0 spiro atoms. The normalized spacial score (nSPS) is 14.7. The van der Waals surface area contributed by atoms with Crippen molar-refractivity contribution in [1.82, 2.24) is 0 Å². The number of carbonyl (C=O) groups excluding carboxylic acids is 1. The first-order chi connectivity index (χ1) is 15.1. The Labute approximate surface area is 190 Å². The number of para-hydroxylation sites is 2. The molecular formula is C26H22BrNO3. The summed E-state index contributed by atoms with van der Waals surface area (Å²) in [6, 6.07) is 23.2. The summed E-state index contributed by atoms with van der Waals surface area (Å²) in [5, 5.41) is 0. The number of methoxy groups -OCH3 is 1. The van der Waals surface area contributed by atoms with Crippen molar-refractivity contribution in [3.63, 3.8) is 0 Å². The van der Waals surface area contributed by atoms with E-state index < -0.39 is 0 Å². The molecule has 1 amide bonds. The predicted molar refractivity (Wildman–Crippen MR) is 128 cm³/mol. The minimum Gasteiger partial charge on any atom is -0.495 e. The number of hydrogen-bond acceptors (Lipinski definition) is 3. The Kier molecular flexibility index (Phi) is 6.23. The lowest BCUT2D eigenvalue weighted by Gasteiger charge is -2.22. The molecule has 3 aromatic rings. The lowest BCUT2D eigenvalue weighted by Crippen LogP contribution is -2.25. The van der Waals surface area contributed by atoms with Gasteiger partial charge in [0.05, 0.1) is 29.6 Å². The third-order valence-corrected chi connectivity index (χ3v) is 5.58. The molecule has 0 saturated carbocycles. The van der Waals surface area contributed by atoms with Gasteiger partial charge in [-0.15, -0.1) is 0 Å². The highest BCUT2D eigenvalue weighted by Crippen LogP contribution is 2.39. The zero-order valence-corrected chi connectivity index (χ0v) is 18.9. The third kappa shape index (κ3) is 4.28. The second-order valence-corrected chi connectivity index (χ2v) is 7.78. The summed E-state index contributed by atoms with van der Waals surface area (Å²) in [5.74, 6) is 1.31. The Bertz CT molecular complexity index is 1170. The van der Waals surface area contributed by atoms with Gasteiger partial charge in [-0.05, 0) is 70.4 Å². The average Bonchev–Trinajstić information content (AvgIpc) is 3.12. The van der Waals surface area contributed by atoms with Crippen LogP contribution in [0.1, 0.15) is 18.1 Å². The molecule has 0 N–H and O–H groups in total. The van der Waals surface area contributed by atoms with Gasteiger partial charge in [-0.3, -0.25) is 9.69 Å². The third-order valence-electron chi connectivity index (χ3n) is 4.96. The Balaban J connectivity index is 1.80. The van der Waals surface area contributed by atoms with Gasteiger partial charge in [0.1, 0.15) is 11.5 Å². The minimum absolute atomic E-state index is 0.103. The number of benzene rings is 3. The number of anilines is 1. The number of ether oxygens (including phenoxy) is 2. The Hall–Kier alpha value is -3.31. The molecule has 0 bridgehead atoms. The summed E-state index contributed by atoms with van der Waals surface area (Å²) in [7, 11) is 1.61. The molecule has 156 valence electrons. The maximum Gasteiger partial charge on any atom is 0.263 e. The summed E-state index contributed by atoms with van der Waals surface area (Å²) >= 11 is 3.55. The molecule has 0 fully saturated rings. The van der Waals surface area contributed by atoms with Gasteiger partial charge >= 0.3 is 0 Å². The van der Waals surface area contributed by atoms with Gasteiger partial charge in [0.25, 0.3) is 5.91 Å². The minimum atomic E-state index is -0.103. The number of carbonyl (C=O) groups is 1. The van der Waals surface area contributed by atoms with Crippen LogP contribution in [0.5, 0.6) is 11.5 Å². The molecule has 5 heteroatoms. The van der Waals surface area contributed by atoms with Crippen molar-refractivity contribution in [2.45, 2.75) is 6.92 Å². The van der Waals surface area contributed by atoms with Crippen LogP contribution in [0.15, 0.2) is 88.9 Å². The second kappa shape index (κ2) is 9.23. The van der Waals surface area contributed by atoms with Gasteiger partial charge in [0.2, 0.25) is 0 Å². The molecule has 0 aromatic heterocycles. The van der Waals surface area contributed by atoms with Crippen LogP contribution in [0.4, 0.5) is 5.69 Å². The molecule has 0 radical (unpaired) electrons. The molecule has 3 aromatic carbocycles. The first kappa shape index (κ1) is 20.9. The van der Waals surface area contributed by atoms with Crippen LogP contribution in [-0.2, 0) is 4.79 Å². The highest BCUT2D eigenvalue weighted by molar-refractivity contribution is 9.10. The Morgan fingerprint density at radius 3 is 2.42 bits per heavy atom. The van der Waals surface area contributed by atoms with Gasteiger partial charge in [-0.25, -0.2) is 0 Å². The largest absolute Gasteiger partial charge is 0.495 e. The zero-order valence-electron chi connectivity index (χ0n) is 17.3. The predicted octanol–water partition coefficient (Wildman–Crippen LogP) is 6.33. The van der Waals surface area contributed by atoms with Crippen molar-refractivity contribution in [1.29, 1.82) is 0 Å². The van der Waals surface area contributed by atoms with E-state index in [1.807, 2.05) is 91.9 Å². The van der Waals surface area contributed by atoms with Crippen LogP contribution in [0.3, 0.4) is 0 Å². The van der Waals surface area contributed by atoms with E-state index in [0.717, 1.165) is 27.0 Å². The summed E-state index contributed by atoms with van der Waals surface area (Å²) < 4.78 is 12.0. The molecule has 1 heterocycles. The smallest absolute Gasteiger partial charge is 0.263 e. The zero-order chi connectivity index (χ0) is 21.8. The first-order valence-electron chi connectivity index (χ1n) is 10.0. The van der Waals surface area contributed by atoms with E-state index >= 15 is 0 Å². The second-order valence-electron chi connectivity index (χ2n) is 6.93. The Morgan fingerprint density at radius 1 is 0.968 bits per heavy atom. The molecule has 0 saturated heterocycles. The summed E-state index contributed by atoms with van der Waals surface area (Å²) in [4.78, 5) is 15.2. The van der Waals surface area contributed by atoms with Gasteiger partial charge in [-0.1, -0.05) is 48.5 Å². The molecule has 0 aliphatic carbocycles.